The third kappa shape index (κ3) is 4.93. The Hall–Kier alpha value is -2.79. The minimum absolute atomic E-state index is 0.0921. The molecule has 4 nitrogen and oxygen atoms in total. The molecule has 0 aliphatic carbocycles. The Morgan fingerprint density at radius 3 is 1.75 bits per heavy atom. The number of sulfonamides is 1. The summed E-state index contributed by atoms with van der Waals surface area (Å²) in [6, 6.07) is 21.6. The zero-order valence-corrected chi connectivity index (χ0v) is 17.4. The minimum atomic E-state index is -3.61. The Balaban J connectivity index is 1.69. The van der Waals surface area contributed by atoms with E-state index in [1.807, 2.05) is 19.1 Å². The van der Waals surface area contributed by atoms with Crippen LogP contribution in [0, 0.1) is 6.92 Å². The predicted octanol–water partition coefficient (Wildman–Crippen LogP) is 5.89. The van der Waals surface area contributed by atoms with Crippen molar-refractivity contribution in [2.24, 2.45) is 0 Å². The number of hydrogen-bond donors (Lipinski definition) is 1. The van der Waals surface area contributed by atoms with Gasteiger partial charge < -0.3 is 4.74 Å². The third-order valence-corrected chi connectivity index (χ3v) is 5.79. The van der Waals surface area contributed by atoms with Gasteiger partial charge in [-0.2, -0.15) is 0 Å². The van der Waals surface area contributed by atoms with E-state index in [4.69, 9.17) is 4.74 Å². The summed E-state index contributed by atoms with van der Waals surface area (Å²) in [7, 11) is -3.61. The zero-order valence-electron chi connectivity index (χ0n) is 16.6. The minimum Gasteiger partial charge on any atom is -0.457 e. The first-order valence-electron chi connectivity index (χ1n) is 9.11. The average Bonchev–Trinajstić information content (AvgIpc) is 2.63. The second kappa shape index (κ2) is 7.68. The molecule has 0 bridgehead atoms. The van der Waals surface area contributed by atoms with Crippen molar-refractivity contribution in [2.75, 3.05) is 4.72 Å². The van der Waals surface area contributed by atoms with Gasteiger partial charge in [0.15, 0.2) is 0 Å². The lowest BCUT2D eigenvalue weighted by molar-refractivity contribution is 0.481. The summed E-state index contributed by atoms with van der Waals surface area (Å²) < 4.78 is 33.4. The molecule has 28 heavy (non-hydrogen) atoms. The number of hydrogen-bond acceptors (Lipinski definition) is 3. The van der Waals surface area contributed by atoms with Gasteiger partial charge in [-0.15, -0.1) is 0 Å². The van der Waals surface area contributed by atoms with E-state index >= 15 is 0 Å². The third-order valence-electron chi connectivity index (χ3n) is 4.39. The first-order valence-corrected chi connectivity index (χ1v) is 10.6. The summed E-state index contributed by atoms with van der Waals surface area (Å²) in [6.07, 6.45) is 0. The molecule has 0 aliphatic rings. The van der Waals surface area contributed by atoms with Crippen molar-refractivity contribution in [1.29, 1.82) is 0 Å². The topological polar surface area (TPSA) is 55.4 Å². The van der Waals surface area contributed by atoms with Gasteiger partial charge in [0.05, 0.1) is 4.90 Å². The second-order valence-corrected chi connectivity index (χ2v) is 9.50. The van der Waals surface area contributed by atoms with Crippen LogP contribution >= 0.6 is 0 Å². The van der Waals surface area contributed by atoms with Crippen molar-refractivity contribution in [2.45, 2.75) is 38.0 Å². The van der Waals surface area contributed by atoms with Crippen molar-refractivity contribution < 1.29 is 13.2 Å². The highest BCUT2D eigenvalue weighted by Gasteiger charge is 2.14. The number of anilines is 1. The molecule has 5 heteroatoms. The predicted molar refractivity (Wildman–Crippen MR) is 114 cm³/mol. The van der Waals surface area contributed by atoms with Crippen molar-refractivity contribution in [3.05, 3.63) is 83.9 Å². The van der Waals surface area contributed by atoms with Gasteiger partial charge in [0.2, 0.25) is 0 Å². The molecule has 0 unspecified atom stereocenters. The highest BCUT2D eigenvalue weighted by atomic mass is 32.2. The molecule has 3 rings (SSSR count). The first kappa shape index (κ1) is 20.0. The summed E-state index contributed by atoms with van der Waals surface area (Å²) in [5.74, 6) is 1.38. The summed E-state index contributed by atoms with van der Waals surface area (Å²) in [4.78, 5) is 0.234. The number of aryl methyl sites for hydroxylation is 1. The van der Waals surface area contributed by atoms with Gasteiger partial charge >= 0.3 is 0 Å². The van der Waals surface area contributed by atoms with Crippen molar-refractivity contribution >= 4 is 15.7 Å². The van der Waals surface area contributed by atoms with E-state index in [0.717, 1.165) is 11.3 Å². The van der Waals surface area contributed by atoms with Crippen LogP contribution in [0.5, 0.6) is 11.5 Å². The molecule has 3 aromatic carbocycles. The smallest absolute Gasteiger partial charge is 0.261 e. The maximum Gasteiger partial charge on any atom is 0.261 e. The SMILES string of the molecule is Cc1ccc(S(=O)(=O)Nc2ccc(Oc3ccc(C(C)(C)C)cc3)cc2)cc1. The largest absolute Gasteiger partial charge is 0.457 e. The standard InChI is InChI=1S/C23H25NO3S/c1-17-5-15-22(16-6-17)28(25,26)24-19-9-13-21(14-10-19)27-20-11-7-18(8-12-20)23(2,3)4/h5-16,24H,1-4H3. The summed E-state index contributed by atoms with van der Waals surface area (Å²) in [5, 5.41) is 0. The van der Waals surface area contributed by atoms with Gasteiger partial charge in [-0.3, -0.25) is 4.72 Å². The van der Waals surface area contributed by atoms with Crippen LogP contribution in [0.2, 0.25) is 0 Å². The summed E-state index contributed by atoms with van der Waals surface area (Å²) in [5.41, 5.74) is 2.82. The van der Waals surface area contributed by atoms with E-state index < -0.39 is 10.0 Å². The van der Waals surface area contributed by atoms with Gasteiger partial charge in [-0.05, 0) is 66.4 Å². The lowest BCUT2D eigenvalue weighted by atomic mass is 9.87. The Morgan fingerprint density at radius 1 is 0.750 bits per heavy atom. The Morgan fingerprint density at radius 2 is 1.25 bits per heavy atom. The number of nitrogens with one attached hydrogen (secondary N) is 1. The van der Waals surface area contributed by atoms with Crippen molar-refractivity contribution in [1.82, 2.24) is 0 Å². The number of ether oxygens (including phenoxy) is 1. The van der Waals surface area contributed by atoms with Gasteiger partial charge in [-0.1, -0.05) is 50.6 Å². The highest BCUT2D eigenvalue weighted by molar-refractivity contribution is 7.92. The molecule has 0 atom stereocenters. The van der Waals surface area contributed by atoms with Crippen LogP contribution in [-0.2, 0) is 15.4 Å². The van der Waals surface area contributed by atoms with Crippen LogP contribution in [0.1, 0.15) is 31.9 Å². The van der Waals surface area contributed by atoms with Crippen LogP contribution in [0.25, 0.3) is 0 Å². The molecule has 3 aromatic rings. The molecule has 0 saturated carbocycles. The molecule has 0 aliphatic heterocycles. The molecule has 0 spiro atoms. The fraction of sp³-hybridized carbons (Fsp3) is 0.217. The van der Waals surface area contributed by atoms with Gasteiger partial charge in [-0.25, -0.2) is 8.42 Å². The monoisotopic (exact) mass is 395 g/mol. The molecular weight excluding hydrogens is 370 g/mol. The average molecular weight is 396 g/mol. The van der Waals surface area contributed by atoms with Crippen LogP contribution in [-0.4, -0.2) is 8.42 Å². The van der Waals surface area contributed by atoms with Gasteiger partial charge in [0, 0.05) is 5.69 Å². The molecule has 1 N–H and O–H groups in total. The highest BCUT2D eigenvalue weighted by Crippen LogP contribution is 2.28. The molecular formula is C23H25NO3S. The molecule has 0 heterocycles. The lowest BCUT2D eigenvalue weighted by Gasteiger charge is -2.19. The van der Waals surface area contributed by atoms with E-state index in [1.165, 1.54) is 5.56 Å². The number of benzene rings is 3. The van der Waals surface area contributed by atoms with Crippen molar-refractivity contribution in [3.8, 4) is 11.5 Å². The Bertz CT molecular complexity index is 1030. The molecule has 0 saturated heterocycles. The fourth-order valence-electron chi connectivity index (χ4n) is 2.68. The normalized spacial score (nSPS) is 11.9. The molecule has 146 valence electrons. The van der Waals surface area contributed by atoms with Crippen LogP contribution < -0.4 is 9.46 Å². The molecule has 0 aromatic heterocycles. The van der Waals surface area contributed by atoms with Crippen LogP contribution in [0.3, 0.4) is 0 Å². The zero-order chi connectivity index (χ0) is 20.4. The van der Waals surface area contributed by atoms with Crippen molar-refractivity contribution in [3.63, 3.8) is 0 Å². The Kier molecular flexibility index (Phi) is 5.47. The van der Waals surface area contributed by atoms with E-state index in [0.29, 0.717) is 11.4 Å². The van der Waals surface area contributed by atoms with Crippen LogP contribution in [0.15, 0.2) is 77.7 Å². The fourth-order valence-corrected chi connectivity index (χ4v) is 3.74. The molecule has 0 amide bonds. The number of rotatable bonds is 5. The van der Waals surface area contributed by atoms with Crippen LogP contribution in [0.4, 0.5) is 5.69 Å². The maximum atomic E-state index is 12.5. The summed E-state index contributed by atoms with van der Waals surface area (Å²) in [6.45, 7) is 8.41. The van der Waals surface area contributed by atoms with E-state index in [1.54, 1.807) is 48.5 Å². The molecule has 0 fully saturated rings. The first-order chi connectivity index (χ1) is 13.1. The van der Waals surface area contributed by atoms with E-state index in [-0.39, 0.29) is 10.3 Å². The Labute approximate surface area is 167 Å². The van der Waals surface area contributed by atoms with Gasteiger partial charge in [0.25, 0.3) is 10.0 Å². The van der Waals surface area contributed by atoms with Gasteiger partial charge in [0.1, 0.15) is 11.5 Å². The van der Waals surface area contributed by atoms with E-state index in [2.05, 4.69) is 37.6 Å². The maximum absolute atomic E-state index is 12.5. The second-order valence-electron chi connectivity index (χ2n) is 7.82. The lowest BCUT2D eigenvalue weighted by Crippen LogP contribution is -2.12. The quantitative estimate of drug-likeness (QED) is 0.586. The van der Waals surface area contributed by atoms with E-state index in [9.17, 15) is 8.42 Å². The molecule has 0 radical (unpaired) electrons. The summed E-state index contributed by atoms with van der Waals surface area (Å²) >= 11 is 0.